The van der Waals surface area contributed by atoms with Crippen molar-refractivity contribution in [2.24, 2.45) is 0 Å². The molecule has 0 N–H and O–H groups in total. The van der Waals surface area contributed by atoms with Crippen LogP contribution >= 0.6 is 0 Å². The minimum atomic E-state index is -0.487. The topological polar surface area (TPSA) is 82.1 Å². The number of nitro groups is 1. The van der Waals surface area contributed by atoms with Gasteiger partial charge in [-0.05, 0) is 6.07 Å². The highest BCUT2D eigenvalue weighted by Crippen LogP contribution is 2.26. The molecule has 6 heteroatoms. The second kappa shape index (κ2) is 3.25. The van der Waals surface area contributed by atoms with Crippen LogP contribution in [-0.4, -0.2) is 15.1 Å². The van der Waals surface area contributed by atoms with Crippen LogP contribution in [-0.2, 0) is 0 Å². The Balaban J connectivity index is 2.58. The summed E-state index contributed by atoms with van der Waals surface area (Å²) in [6, 6.07) is 6.20. The molecule has 2 aromatic rings. The highest BCUT2D eigenvalue weighted by molar-refractivity contribution is 5.65. The van der Waals surface area contributed by atoms with Gasteiger partial charge < -0.3 is 4.52 Å². The third kappa shape index (κ3) is 1.33. The number of rotatable bonds is 2. The molecule has 0 saturated carbocycles. The van der Waals surface area contributed by atoms with Crippen molar-refractivity contribution < 1.29 is 9.45 Å². The Morgan fingerprint density at radius 2 is 2.14 bits per heavy atom. The molecule has 0 unspecified atom stereocenters. The lowest BCUT2D eigenvalue weighted by Crippen LogP contribution is -1.91. The fourth-order valence-corrected chi connectivity index (χ4v) is 1.11. The molecule has 0 aliphatic carbocycles. The van der Waals surface area contributed by atoms with Crippen LogP contribution in [0.5, 0.6) is 0 Å². The van der Waals surface area contributed by atoms with E-state index in [0.29, 0.717) is 5.56 Å². The molecule has 1 heterocycles. The largest absolute Gasteiger partial charge is 0.334 e. The second-order valence-electron chi connectivity index (χ2n) is 2.52. The summed E-state index contributed by atoms with van der Waals surface area (Å²) in [5, 5.41) is 14.0. The fourth-order valence-electron chi connectivity index (χ4n) is 1.11. The smallest absolute Gasteiger partial charge is 0.282 e. The Bertz CT molecular complexity index is 453. The minimum Gasteiger partial charge on any atom is -0.334 e. The van der Waals surface area contributed by atoms with Crippen LogP contribution in [0.1, 0.15) is 0 Å². The molecular weight excluding hydrogens is 186 g/mol. The van der Waals surface area contributed by atoms with Gasteiger partial charge in [0, 0.05) is 6.07 Å². The number of hydrogen-bond acceptors (Lipinski definition) is 5. The van der Waals surface area contributed by atoms with E-state index in [9.17, 15) is 10.1 Å². The Kier molecular flexibility index (Phi) is 1.94. The van der Waals surface area contributed by atoms with Gasteiger partial charge in [-0.25, -0.2) is 0 Å². The lowest BCUT2D eigenvalue weighted by molar-refractivity contribution is -0.384. The average Bonchev–Trinajstić information content (AvgIpc) is 2.70. The summed E-state index contributed by atoms with van der Waals surface area (Å²) in [6.45, 7) is 0. The van der Waals surface area contributed by atoms with Crippen molar-refractivity contribution >= 4 is 5.69 Å². The normalized spacial score (nSPS) is 10.0. The first kappa shape index (κ1) is 8.36. The monoisotopic (exact) mass is 191 g/mol. The summed E-state index contributed by atoms with van der Waals surface area (Å²) in [5.74, 6) is 0.150. The van der Waals surface area contributed by atoms with E-state index in [1.807, 2.05) is 0 Å². The molecular formula is C8H5N3O3. The maximum absolute atomic E-state index is 10.6. The Hall–Kier alpha value is -2.24. The van der Waals surface area contributed by atoms with Gasteiger partial charge in [0.1, 0.15) is 5.56 Å². The lowest BCUT2D eigenvalue weighted by atomic mass is 10.2. The summed E-state index contributed by atoms with van der Waals surface area (Å²) in [6.07, 6.45) is 1.20. The number of hydrogen-bond donors (Lipinski definition) is 0. The molecule has 0 saturated heterocycles. The SMILES string of the molecule is O=[N+]([O-])c1ccccc1-c1ncno1. The highest BCUT2D eigenvalue weighted by Gasteiger charge is 2.17. The Morgan fingerprint density at radius 1 is 1.36 bits per heavy atom. The second-order valence-corrected chi connectivity index (χ2v) is 2.52. The molecule has 0 fully saturated rings. The predicted molar refractivity (Wildman–Crippen MR) is 46.4 cm³/mol. The van der Waals surface area contributed by atoms with Gasteiger partial charge in [-0.2, -0.15) is 4.98 Å². The molecule has 0 aliphatic rings. The summed E-state index contributed by atoms with van der Waals surface area (Å²) < 4.78 is 4.74. The van der Waals surface area contributed by atoms with Crippen molar-refractivity contribution in [2.75, 3.05) is 0 Å². The zero-order valence-electron chi connectivity index (χ0n) is 6.95. The number of para-hydroxylation sites is 1. The lowest BCUT2D eigenvalue weighted by Gasteiger charge is -1.95. The molecule has 0 radical (unpaired) electrons. The number of nitro benzene ring substituents is 1. The standard InChI is InChI=1S/C8H5N3O3/c12-11(13)7-4-2-1-3-6(7)8-9-5-10-14-8/h1-5H. The van der Waals surface area contributed by atoms with E-state index in [2.05, 4.69) is 10.1 Å². The first-order valence-corrected chi connectivity index (χ1v) is 3.79. The quantitative estimate of drug-likeness (QED) is 0.532. The maximum Gasteiger partial charge on any atom is 0.282 e. The van der Waals surface area contributed by atoms with Crippen LogP contribution in [0.15, 0.2) is 35.1 Å². The molecule has 6 nitrogen and oxygen atoms in total. The van der Waals surface area contributed by atoms with Crippen molar-refractivity contribution in [3.05, 3.63) is 40.7 Å². The average molecular weight is 191 g/mol. The van der Waals surface area contributed by atoms with Crippen LogP contribution in [0.3, 0.4) is 0 Å². The first-order chi connectivity index (χ1) is 6.79. The van der Waals surface area contributed by atoms with Gasteiger partial charge in [0.2, 0.25) is 0 Å². The van der Waals surface area contributed by atoms with Gasteiger partial charge in [0.15, 0.2) is 6.33 Å². The van der Waals surface area contributed by atoms with Crippen molar-refractivity contribution in [3.63, 3.8) is 0 Å². The minimum absolute atomic E-state index is 0.0447. The molecule has 1 aromatic carbocycles. The molecule has 14 heavy (non-hydrogen) atoms. The molecule has 70 valence electrons. The first-order valence-electron chi connectivity index (χ1n) is 3.79. The van der Waals surface area contributed by atoms with Crippen molar-refractivity contribution in [1.29, 1.82) is 0 Å². The van der Waals surface area contributed by atoms with E-state index in [4.69, 9.17) is 4.52 Å². The van der Waals surface area contributed by atoms with E-state index in [1.54, 1.807) is 18.2 Å². The van der Waals surface area contributed by atoms with Crippen LogP contribution in [0.2, 0.25) is 0 Å². The zero-order valence-corrected chi connectivity index (χ0v) is 6.95. The molecule has 0 bridgehead atoms. The van der Waals surface area contributed by atoms with Gasteiger partial charge in [-0.3, -0.25) is 10.1 Å². The van der Waals surface area contributed by atoms with Crippen LogP contribution in [0, 0.1) is 10.1 Å². The molecule has 0 spiro atoms. The summed E-state index contributed by atoms with van der Waals surface area (Å²) in [4.78, 5) is 13.9. The number of benzene rings is 1. The zero-order chi connectivity index (χ0) is 9.97. The van der Waals surface area contributed by atoms with Gasteiger partial charge in [0.05, 0.1) is 4.92 Å². The molecule has 2 rings (SSSR count). The van der Waals surface area contributed by atoms with Gasteiger partial charge in [-0.15, -0.1) is 0 Å². The molecule has 0 aliphatic heterocycles. The van der Waals surface area contributed by atoms with E-state index in [-0.39, 0.29) is 11.6 Å². The van der Waals surface area contributed by atoms with Crippen molar-refractivity contribution in [2.45, 2.75) is 0 Å². The molecule has 0 atom stereocenters. The van der Waals surface area contributed by atoms with Crippen LogP contribution in [0.25, 0.3) is 11.5 Å². The van der Waals surface area contributed by atoms with Crippen LogP contribution < -0.4 is 0 Å². The Labute approximate surface area is 78.3 Å². The van der Waals surface area contributed by atoms with Gasteiger partial charge >= 0.3 is 0 Å². The maximum atomic E-state index is 10.6. The van der Waals surface area contributed by atoms with E-state index < -0.39 is 4.92 Å². The van der Waals surface area contributed by atoms with E-state index in [0.717, 1.165) is 0 Å². The highest BCUT2D eigenvalue weighted by atomic mass is 16.6. The van der Waals surface area contributed by atoms with E-state index >= 15 is 0 Å². The third-order valence-corrected chi connectivity index (χ3v) is 1.69. The fraction of sp³-hybridized carbons (Fsp3) is 0. The summed E-state index contributed by atoms with van der Waals surface area (Å²) in [5.41, 5.74) is 0.284. The van der Waals surface area contributed by atoms with E-state index in [1.165, 1.54) is 12.4 Å². The van der Waals surface area contributed by atoms with Crippen LogP contribution in [0.4, 0.5) is 5.69 Å². The van der Waals surface area contributed by atoms with Crippen molar-refractivity contribution in [3.8, 4) is 11.5 Å². The third-order valence-electron chi connectivity index (χ3n) is 1.69. The molecule has 1 aromatic heterocycles. The number of aromatic nitrogens is 2. The summed E-state index contributed by atoms with van der Waals surface area (Å²) in [7, 11) is 0. The molecule has 0 amide bonds. The summed E-state index contributed by atoms with van der Waals surface area (Å²) >= 11 is 0. The Morgan fingerprint density at radius 3 is 2.79 bits per heavy atom. The number of nitrogens with zero attached hydrogens (tertiary/aromatic N) is 3. The van der Waals surface area contributed by atoms with Gasteiger partial charge in [-0.1, -0.05) is 17.3 Å². The predicted octanol–water partition coefficient (Wildman–Crippen LogP) is 1.64. The van der Waals surface area contributed by atoms with Crippen molar-refractivity contribution in [1.82, 2.24) is 10.1 Å². The van der Waals surface area contributed by atoms with Gasteiger partial charge in [0.25, 0.3) is 11.6 Å².